The van der Waals surface area contributed by atoms with Gasteiger partial charge < -0.3 is 14.5 Å². The van der Waals surface area contributed by atoms with Crippen LogP contribution in [0.2, 0.25) is 0 Å². The van der Waals surface area contributed by atoms with Gasteiger partial charge in [0.1, 0.15) is 29.2 Å². The molecule has 0 aliphatic carbocycles. The van der Waals surface area contributed by atoms with Crippen LogP contribution < -0.4 is 15.5 Å². The van der Waals surface area contributed by atoms with Crippen LogP contribution in [0.5, 0.6) is 5.75 Å². The van der Waals surface area contributed by atoms with Crippen molar-refractivity contribution in [1.29, 1.82) is 5.26 Å². The number of nitrogens with one attached hydrogen (secondary N) is 2. The molecular weight excluding hydrogens is 439 g/mol. The molecule has 0 saturated carbocycles. The Morgan fingerprint density at radius 3 is 2.61 bits per heavy atom. The maximum absolute atomic E-state index is 14.1. The standard InChI is InChI=1S/C22H16F3N5O3/c1-32-13-8-5-9-14-17(13)27-20(33-14)16-18(22(23,24)25)28-19-15(11-6-3-2-4-7-11)12(10-26)29-30(19)21(16)31/h2-9,12,15,19,28-29H,1H3. The number of alkyl halides is 3. The van der Waals surface area contributed by atoms with Crippen molar-refractivity contribution < 1.29 is 27.1 Å². The number of carbonyl (C=O) groups is 1. The van der Waals surface area contributed by atoms with Gasteiger partial charge in [-0.15, -0.1) is 0 Å². The summed E-state index contributed by atoms with van der Waals surface area (Å²) in [5.74, 6) is -1.96. The Hall–Kier alpha value is -4.04. The Balaban J connectivity index is 1.66. The molecule has 168 valence electrons. The summed E-state index contributed by atoms with van der Waals surface area (Å²) in [6.07, 6.45) is -6.06. The maximum atomic E-state index is 14.1. The monoisotopic (exact) mass is 455 g/mol. The Morgan fingerprint density at radius 2 is 1.94 bits per heavy atom. The van der Waals surface area contributed by atoms with Gasteiger partial charge in [0, 0.05) is 0 Å². The number of hydrazine groups is 1. The van der Waals surface area contributed by atoms with Crippen molar-refractivity contribution in [2.75, 3.05) is 7.11 Å². The van der Waals surface area contributed by atoms with Crippen molar-refractivity contribution in [2.24, 2.45) is 0 Å². The predicted octanol–water partition coefficient (Wildman–Crippen LogP) is 3.06. The van der Waals surface area contributed by atoms with E-state index in [4.69, 9.17) is 9.15 Å². The molecule has 33 heavy (non-hydrogen) atoms. The number of allylic oxidation sites excluding steroid dienone is 1. The molecule has 3 aromatic rings. The fourth-order valence-corrected chi connectivity index (χ4v) is 4.22. The summed E-state index contributed by atoms with van der Waals surface area (Å²) in [6, 6.07) is 14.4. The number of ether oxygens (including phenoxy) is 1. The second kappa shape index (κ2) is 7.53. The molecule has 0 spiro atoms. The van der Waals surface area contributed by atoms with Crippen LogP contribution in [0.15, 0.2) is 58.6 Å². The summed E-state index contributed by atoms with van der Waals surface area (Å²) >= 11 is 0. The molecule has 2 aliphatic rings. The largest absolute Gasteiger partial charge is 0.494 e. The highest BCUT2D eigenvalue weighted by atomic mass is 19.4. The first kappa shape index (κ1) is 20.8. The first-order valence-electron chi connectivity index (χ1n) is 9.89. The molecule has 2 aromatic carbocycles. The third-order valence-corrected chi connectivity index (χ3v) is 5.65. The van der Waals surface area contributed by atoms with Crippen molar-refractivity contribution >= 4 is 22.6 Å². The minimum atomic E-state index is -4.91. The van der Waals surface area contributed by atoms with E-state index in [1.54, 1.807) is 42.5 Å². The number of para-hydroxylation sites is 1. The average Bonchev–Trinajstić information content (AvgIpc) is 3.40. The van der Waals surface area contributed by atoms with Gasteiger partial charge in [-0.05, 0) is 17.7 Å². The van der Waals surface area contributed by atoms with E-state index in [0.29, 0.717) is 11.3 Å². The lowest BCUT2D eigenvalue weighted by Crippen LogP contribution is -2.56. The second-order valence-corrected chi connectivity index (χ2v) is 7.51. The minimum Gasteiger partial charge on any atom is -0.494 e. The van der Waals surface area contributed by atoms with Gasteiger partial charge in [0.25, 0.3) is 5.91 Å². The van der Waals surface area contributed by atoms with E-state index >= 15 is 0 Å². The Bertz CT molecular complexity index is 1310. The second-order valence-electron chi connectivity index (χ2n) is 7.51. The third kappa shape index (κ3) is 3.27. The summed E-state index contributed by atoms with van der Waals surface area (Å²) in [5.41, 5.74) is 1.64. The first-order valence-corrected chi connectivity index (χ1v) is 9.89. The zero-order chi connectivity index (χ0) is 23.3. The van der Waals surface area contributed by atoms with Gasteiger partial charge in [-0.25, -0.2) is 15.4 Å². The molecule has 1 aromatic heterocycles. The molecule has 8 nitrogen and oxygen atoms in total. The average molecular weight is 455 g/mol. The molecule has 3 heterocycles. The zero-order valence-corrected chi connectivity index (χ0v) is 17.1. The molecule has 11 heteroatoms. The normalized spacial score (nSPS) is 22.8. The van der Waals surface area contributed by atoms with Gasteiger partial charge in [0.05, 0.1) is 19.1 Å². The maximum Gasteiger partial charge on any atom is 0.431 e. The highest BCUT2D eigenvalue weighted by Crippen LogP contribution is 2.41. The molecule has 3 atom stereocenters. The highest BCUT2D eigenvalue weighted by molar-refractivity contribution is 6.20. The van der Waals surface area contributed by atoms with Gasteiger partial charge in [0.15, 0.2) is 11.1 Å². The van der Waals surface area contributed by atoms with Crippen LogP contribution in [0.1, 0.15) is 17.4 Å². The van der Waals surface area contributed by atoms with Crippen molar-refractivity contribution in [2.45, 2.75) is 24.3 Å². The van der Waals surface area contributed by atoms with Gasteiger partial charge in [0.2, 0.25) is 5.89 Å². The van der Waals surface area contributed by atoms with Crippen LogP contribution in [0.3, 0.4) is 0 Å². The Morgan fingerprint density at radius 1 is 1.18 bits per heavy atom. The number of rotatable bonds is 3. The first-order chi connectivity index (χ1) is 15.8. The Labute approximate surface area is 185 Å². The van der Waals surface area contributed by atoms with Gasteiger partial charge in [-0.2, -0.15) is 18.4 Å². The van der Waals surface area contributed by atoms with Crippen LogP contribution >= 0.6 is 0 Å². The lowest BCUT2D eigenvalue weighted by atomic mass is 9.90. The summed E-state index contributed by atoms with van der Waals surface area (Å²) in [6.45, 7) is 0. The molecule has 5 rings (SSSR count). The number of methoxy groups -OCH3 is 1. The van der Waals surface area contributed by atoms with Crippen LogP contribution in [0.25, 0.3) is 16.7 Å². The topological polar surface area (TPSA) is 103 Å². The van der Waals surface area contributed by atoms with E-state index in [1.807, 2.05) is 6.07 Å². The van der Waals surface area contributed by atoms with E-state index < -0.39 is 47.4 Å². The van der Waals surface area contributed by atoms with Crippen LogP contribution in [0, 0.1) is 11.3 Å². The number of fused-ring (bicyclic) bond motifs is 2. The molecule has 1 saturated heterocycles. The van der Waals surface area contributed by atoms with Crippen LogP contribution in [-0.2, 0) is 4.79 Å². The Kier molecular flexibility index (Phi) is 4.75. The molecule has 0 bridgehead atoms. The van der Waals surface area contributed by atoms with Crippen LogP contribution in [0.4, 0.5) is 13.2 Å². The summed E-state index contributed by atoms with van der Waals surface area (Å²) < 4.78 is 53.2. The molecule has 0 radical (unpaired) electrons. The summed E-state index contributed by atoms with van der Waals surface area (Å²) in [4.78, 5) is 17.5. The van der Waals surface area contributed by atoms with Gasteiger partial charge >= 0.3 is 6.18 Å². The number of hydrogen-bond donors (Lipinski definition) is 2. The molecule has 2 aliphatic heterocycles. The minimum absolute atomic E-state index is 0.166. The number of amides is 1. The fraction of sp³-hybridized carbons (Fsp3) is 0.227. The number of aromatic nitrogens is 1. The van der Waals surface area contributed by atoms with Crippen molar-refractivity contribution in [3.05, 3.63) is 65.7 Å². The number of carbonyl (C=O) groups excluding carboxylic acids is 1. The summed E-state index contributed by atoms with van der Waals surface area (Å²) in [7, 11) is 1.39. The lowest BCUT2D eigenvalue weighted by Gasteiger charge is -2.35. The molecule has 3 unspecified atom stereocenters. The highest BCUT2D eigenvalue weighted by Gasteiger charge is 2.54. The smallest absolute Gasteiger partial charge is 0.431 e. The molecule has 1 amide bonds. The lowest BCUT2D eigenvalue weighted by molar-refractivity contribution is -0.134. The predicted molar refractivity (Wildman–Crippen MR) is 109 cm³/mol. The number of halogens is 3. The van der Waals surface area contributed by atoms with Crippen molar-refractivity contribution in [3.63, 3.8) is 0 Å². The molecule has 1 fully saturated rings. The van der Waals surface area contributed by atoms with Crippen LogP contribution in [-0.4, -0.2) is 41.4 Å². The number of benzene rings is 2. The van der Waals surface area contributed by atoms with Gasteiger partial charge in [-0.3, -0.25) is 4.79 Å². The van der Waals surface area contributed by atoms with E-state index in [2.05, 4.69) is 15.7 Å². The van der Waals surface area contributed by atoms with E-state index in [9.17, 15) is 23.2 Å². The van der Waals surface area contributed by atoms with E-state index in [-0.39, 0.29) is 11.1 Å². The summed E-state index contributed by atoms with van der Waals surface area (Å²) in [5, 5.41) is 13.1. The zero-order valence-electron chi connectivity index (χ0n) is 17.1. The van der Waals surface area contributed by atoms with E-state index in [1.165, 1.54) is 13.2 Å². The number of hydrogen-bond acceptors (Lipinski definition) is 7. The molecule has 2 N–H and O–H groups in total. The van der Waals surface area contributed by atoms with Gasteiger partial charge in [-0.1, -0.05) is 36.4 Å². The van der Waals surface area contributed by atoms with Crippen molar-refractivity contribution in [1.82, 2.24) is 20.7 Å². The number of oxazole rings is 1. The fourth-order valence-electron chi connectivity index (χ4n) is 4.22. The third-order valence-electron chi connectivity index (χ3n) is 5.65. The number of nitrogens with zero attached hydrogens (tertiary/aromatic N) is 3. The SMILES string of the molecule is COc1cccc2oc(C3=C(C(F)(F)F)NC4C(c5ccccc5)C(C#N)NN4C3=O)nc12. The quantitative estimate of drug-likeness (QED) is 0.626. The number of nitriles is 1. The molecular formula is C22H16F3N5O3. The van der Waals surface area contributed by atoms with E-state index in [0.717, 1.165) is 5.01 Å². The van der Waals surface area contributed by atoms with Crippen molar-refractivity contribution in [3.8, 4) is 11.8 Å².